The zero-order valence-electron chi connectivity index (χ0n) is 8.60. The molecular weight excluding hydrogens is 146 g/mol. The lowest BCUT2D eigenvalue weighted by atomic mass is 10.1. The molecule has 0 heterocycles. The topological polar surface area (TPSA) is 12.0 Å². The predicted molar refractivity (Wildman–Crippen MR) is 56.4 cm³/mol. The number of hydrogen-bond acceptors (Lipinski definition) is 1. The van der Waals surface area contributed by atoms with Gasteiger partial charge in [-0.1, -0.05) is 26.3 Å². The summed E-state index contributed by atoms with van der Waals surface area (Å²) in [6.45, 7) is 9.25. The van der Waals surface area contributed by atoms with E-state index in [-0.39, 0.29) is 0 Å². The highest BCUT2D eigenvalue weighted by atomic mass is 14.9. The van der Waals surface area contributed by atoms with Crippen LogP contribution in [-0.4, -0.2) is 12.6 Å². The van der Waals surface area contributed by atoms with Crippen molar-refractivity contribution < 1.29 is 0 Å². The smallest absolute Gasteiger partial charge is 0.00669 e. The highest BCUT2D eigenvalue weighted by molar-refractivity contribution is 4.70. The minimum atomic E-state index is 0.736. The standard InChI is InChI=1S/C11H23N/c1-4-7-8-10-11(9-5-2)12-6-3/h4,11-12H,1,5-10H2,2-3H3. The van der Waals surface area contributed by atoms with Crippen LogP contribution in [0.4, 0.5) is 0 Å². The van der Waals surface area contributed by atoms with E-state index in [2.05, 4.69) is 25.7 Å². The fraction of sp³-hybridized carbons (Fsp3) is 0.818. The van der Waals surface area contributed by atoms with E-state index in [1.54, 1.807) is 0 Å². The van der Waals surface area contributed by atoms with Crippen molar-refractivity contribution in [1.82, 2.24) is 5.32 Å². The molecular formula is C11H23N. The molecule has 0 fully saturated rings. The van der Waals surface area contributed by atoms with Crippen LogP contribution >= 0.6 is 0 Å². The Morgan fingerprint density at radius 2 is 2.08 bits per heavy atom. The molecule has 0 saturated heterocycles. The summed E-state index contributed by atoms with van der Waals surface area (Å²) < 4.78 is 0. The van der Waals surface area contributed by atoms with Crippen LogP contribution in [0.5, 0.6) is 0 Å². The predicted octanol–water partition coefficient (Wildman–Crippen LogP) is 3.12. The normalized spacial score (nSPS) is 12.8. The molecule has 0 bridgehead atoms. The molecule has 0 aromatic carbocycles. The summed E-state index contributed by atoms with van der Waals surface area (Å²) in [4.78, 5) is 0. The first kappa shape index (κ1) is 11.7. The number of allylic oxidation sites excluding steroid dienone is 1. The Hall–Kier alpha value is -0.300. The number of nitrogens with one attached hydrogen (secondary N) is 1. The average molecular weight is 169 g/mol. The molecule has 0 rings (SSSR count). The van der Waals surface area contributed by atoms with Crippen molar-refractivity contribution in [2.75, 3.05) is 6.54 Å². The van der Waals surface area contributed by atoms with E-state index >= 15 is 0 Å². The van der Waals surface area contributed by atoms with E-state index in [1.807, 2.05) is 6.08 Å². The monoisotopic (exact) mass is 169 g/mol. The third-order valence-corrected chi connectivity index (χ3v) is 2.09. The zero-order valence-corrected chi connectivity index (χ0v) is 8.60. The van der Waals surface area contributed by atoms with Crippen molar-refractivity contribution in [3.8, 4) is 0 Å². The zero-order chi connectivity index (χ0) is 9.23. The number of unbranched alkanes of at least 4 members (excludes halogenated alkanes) is 1. The molecule has 1 unspecified atom stereocenters. The van der Waals surface area contributed by atoms with Gasteiger partial charge in [-0.25, -0.2) is 0 Å². The van der Waals surface area contributed by atoms with Crippen LogP contribution in [-0.2, 0) is 0 Å². The van der Waals surface area contributed by atoms with Gasteiger partial charge in [0.2, 0.25) is 0 Å². The summed E-state index contributed by atoms with van der Waals surface area (Å²) in [5.41, 5.74) is 0. The van der Waals surface area contributed by atoms with E-state index in [0.29, 0.717) is 0 Å². The molecule has 0 spiro atoms. The Morgan fingerprint density at radius 1 is 1.33 bits per heavy atom. The quantitative estimate of drug-likeness (QED) is 0.435. The molecule has 72 valence electrons. The lowest BCUT2D eigenvalue weighted by molar-refractivity contribution is 0.449. The third kappa shape index (κ3) is 6.41. The summed E-state index contributed by atoms with van der Waals surface area (Å²) in [7, 11) is 0. The Balaban J connectivity index is 3.40. The summed E-state index contributed by atoms with van der Waals surface area (Å²) in [5.74, 6) is 0. The van der Waals surface area contributed by atoms with E-state index < -0.39 is 0 Å². The van der Waals surface area contributed by atoms with Crippen LogP contribution in [0.2, 0.25) is 0 Å². The fourth-order valence-corrected chi connectivity index (χ4v) is 1.49. The minimum absolute atomic E-state index is 0.736. The first-order valence-corrected chi connectivity index (χ1v) is 5.19. The van der Waals surface area contributed by atoms with Gasteiger partial charge in [0.25, 0.3) is 0 Å². The molecule has 0 aliphatic heterocycles. The van der Waals surface area contributed by atoms with Gasteiger partial charge in [0, 0.05) is 6.04 Å². The molecule has 12 heavy (non-hydrogen) atoms. The second kappa shape index (κ2) is 8.79. The van der Waals surface area contributed by atoms with Crippen molar-refractivity contribution in [3.05, 3.63) is 12.7 Å². The van der Waals surface area contributed by atoms with Crippen LogP contribution in [0.3, 0.4) is 0 Å². The van der Waals surface area contributed by atoms with E-state index in [1.165, 1.54) is 25.7 Å². The third-order valence-electron chi connectivity index (χ3n) is 2.09. The Kier molecular flexibility index (Phi) is 8.57. The molecule has 0 radical (unpaired) electrons. The average Bonchev–Trinajstić information content (AvgIpc) is 2.06. The molecule has 0 aromatic heterocycles. The van der Waals surface area contributed by atoms with Crippen LogP contribution in [0.1, 0.15) is 46.0 Å². The highest BCUT2D eigenvalue weighted by Gasteiger charge is 2.03. The van der Waals surface area contributed by atoms with E-state index in [4.69, 9.17) is 0 Å². The lowest BCUT2D eigenvalue weighted by Crippen LogP contribution is -2.28. The van der Waals surface area contributed by atoms with Gasteiger partial charge in [0.15, 0.2) is 0 Å². The van der Waals surface area contributed by atoms with Gasteiger partial charge < -0.3 is 5.32 Å². The van der Waals surface area contributed by atoms with Crippen molar-refractivity contribution in [2.45, 2.75) is 52.0 Å². The maximum atomic E-state index is 3.73. The molecule has 0 aromatic rings. The maximum absolute atomic E-state index is 3.73. The van der Waals surface area contributed by atoms with Crippen molar-refractivity contribution in [3.63, 3.8) is 0 Å². The molecule has 1 atom stereocenters. The second-order valence-corrected chi connectivity index (χ2v) is 3.26. The van der Waals surface area contributed by atoms with Gasteiger partial charge >= 0.3 is 0 Å². The van der Waals surface area contributed by atoms with Gasteiger partial charge in [-0.3, -0.25) is 0 Å². The van der Waals surface area contributed by atoms with Crippen molar-refractivity contribution >= 4 is 0 Å². The molecule has 1 nitrogen and oxygen atoms in total. The van der Waals surface area contributed by atoms with Crippen LogP contribution in [0, 0.1) is 0 Å². The van der Waals surface area contributed by atoms with Gasteiger partial charge in [-0.2, -0.15) is 0 Å². The van der Waals surface area contributed by atoms with E-state index in [9.17, 15) is 0 Å². The molecule has 0 aliphatic carbocycles. The second-order valence-electron chi connectivity index (χ2n) is 3.26. The van der Waals surface area contributed by atoms with Crippen LogP contribution < -0.4 is 5.32 Å². The fourth-order valence-electron chi connectivity index (χ4n) is 1.49. The lowest BCUT2D eigenvalue weighted by Gasteiger charge is -2.16. The SMILES string of the molecule is C=CCCCC(CCC)NCC. The highest BCUT2D eigenvalue weighted by Crippen LogP contribution is 2.06. The first-order valence-electron chi connectivity index (χ1n) is 5.19. The first-order chi connectivity index (χ1) is 5.85. The van der Waals surface area contributed by atoms with E-state index in [0.717, 1.165) is 19.0 Å². The van der Waals surface area contributed by atoms with Gasteiger partial charge in [-0.15, -0.1) is 6.58 Å². The molecule has 1 N–H and O–H groups in total. The van der Waals surface area contributed by atoms with Crippen molar-refractivity contribution in [2.24, 2.45) is 0 Å². The Labute approximate surface area is 77.2 Å². The molecule has 0 saturated carbocycles. The summed E-state index contributed by atoms with van der Waals surface area (Å²) in [5, 5.41) is 3.51. The molecule has 1 heteroatoms. The molecule has 0 aliphatic rings. The number of hydrogen-bond donors (Lipinski definition) is 1. The van der Waals surface area contributed by atoms with Gasteiger partial charge in [-0.05, 0) is 32.2 Å². The largest absolute Gasteiger partial charge is 0.314 e. The number of rotatable bonds is 8. The van der Waals surface area contributed by atoms with Gasteiger partial charge in [0.1, 0.15) is 0 Å². The van der Waals surface area contributed by atoms with Crippen LogP contribution in [0.15, 0.2) is 12.7 Å². The van der Waals surface area contributed by atoms with Crippen LogP contribution in [0.25, 0.3) is 0 Å². The maximum Gasteiger partial charge on any atom is 0.00669 e. The van der Waals surface area contributed by atoms with Gasteiger partial charge in [0.05, 0.1) is 0 Å². The summed E-state index contributed by atoms with van der Waals surface area (Å²) in [6.07, 6.45) is 8.34. The van der Waals surface area contributed by atoms with Crippen molar-refractivity contribution in [1.29, 1.82) is 0 Å². The summed E-state index contributed by atoms with van der Waals surface area (Å²) >= 11 is 0. The minimum Gasteiger partial charge on any atom is -0.314 e. The molecule has 0 amide bonds. The Morgan fingerprint density at radius 3 is 2.58 bits per heavy atom. The summed E-state index contributed by atoms with van der Waals surface area (Å²) in [6, 6.07) is 0.736. The Bertz CT molecular complexity index is 93.2.